The molecule has 2 aliphatic rings. The third-order valence-electron chi connectivity index (χ3n) is 5.59. The molecule has 2 fully saturated rings. The van der Waals surface area contributed by atoms with Gasteiger partial charge >= 0.3 is 0 Å². The zero-order valence-corrected chi connectivity index (χ0v) is 18.3. The molecular formula is C23H37N3O3. The molecule has 0 unspecified atom stereocenters. The fraction of sp³-hybridized carbons (Fsp3) is 0.696. The summed E-state index contributed by atoms with van der Waals surface area (Å²) in [7, 11) is 0. The molecule has 0 aliphatic carbocycles. The van der Waals surface area contributed by atoms with Gasteiger partial charge in [-0.15, -0.1) is 0 Å². The molecule has 1 aromatic rings. The smallest absolute Gasteiger partial charge is 0.122 e. The zero-order valence-electron chi connectivity index (χ0n) is 18.3. The Morgan fingerprint density at radius 2 is 1.93 bits per heavy atom. The van der Waals surface area contributed by atoms with Crippen molar-refractivity contribution in [1.82, 2.24) is 9.80 Å². The van der Waals surface area contributed by atoms with E-state index in [2.05, 4.69) is 34.0 Å². The number of nitrogens with zero attached hydrogens (tertiary/aromatic N) is 3. The molecule has 0 N–H and O–H groups in total. The molecule has 0 aromatic heterocycles. The zero-order chi connectivity index (χ0) is 20.5. The maximum Gasteiger partial charge on any atom is 0.122 e. The molecule has 0 bridgehead atoms. The van der Waals surface area contributed by atoms with E-state index in [1.54, 1.807) is 0 Å². The molecule has 3 rings (SSSR count). The third kappa shape index (κ3) is 7.28. The lowest BCUT2D eigenvalue weighted by Gasteiger charge is -2.27. The summed E-state index contributed by atoms with van der Waals surface area (Å²) in [6, 6.07) is 8.98. The molecule has 0 saturated carbocycles. The number of hydrogen-bond donors (Lipinski definition) is 0. The fourth-order valence-electron chi connectivity index (χ4n) is 3.84. The minimum absolute atomic E-state index is 0.0654. The van der Waals surface area contributed by atoms with Crippen LogP contribution in [0, 0.1) is 0 Å². The standard InChI is InChI=1S/C23H37N3O3/c1-19(2)29-24-23(18-25-13-16-27-17-14-25)21-7-9-22(10-8-21)28-15-5-12-26-11-4-6-20(26)3/h7-10,19-20H,4-6,11-18H2,1-3H3/b24-23+/t20-/m1/s1. The highest BCUT2D eigenvalue weighted by atomic mass is 16.6. The van der Waals surface area contributed by atoms with Gasteiger partial charge in [-0.25, -0.2) is 0 Å². The fourth-order valence-corrected chi connectivity index (χ4v) is 3.84. The average Bonchev–Trinajstić information content (AvgIpc) is 3.14. The molecule has 0 radical (unpaired) electrons. The number of rotatable bonds is 10. The Hall–Kier alpha value is -1.63. The molecule has 29 heavy (non-hydrogen) atoms. The Balaban J connectivity index is 1.51. The molecule has 1 atom stereocenters. The Morgan fingerprint density at radius 3 is 2.59 bits per heavy atom. The Labute approximate surface area is 175 Å². The summed E-state index contributed by atoms with van der Waals surface area (Å²) in [6.45, 7) is 13.6. The van der Waals surface area contributed by atoms with Crippen LogP contribution in [0.3, 0.4) is 0 Å². The van der Waals surface area contributed by atoms with E-state index in [4.69, 9.17) is 14.3 Å². The van der Waals surface area contributed by atoms with Gasteiger partial charge in [0.1, 0.15) is 17.6 Å². The van der Waals surface area contributed by atoms with Gasteiger partial charge in [-0.05, 0) is 70.8 Å². The second kappa shape index (κ2) is 11.5. The summed E-state index contributed by atoms with van der Waals surface area (Å²) in [6.07, 6.45) is 3.80. The lowest BCUT2D eigenvalue weighted by molar-refractivity contribution is 0.0437. The lowest BCUT2D eigenvalue weighted by Crippen LogP contribution is -2.39. The van der Waals surface area contributed by atoms with Crippen LogP contribution >= 0.6 is 0 Å². The number of hydrogen-bond acceptors (Lipinski definition) is 6. The van der Waals surface area contributed by atoms with Crippen molar-refractivity contribution in [1.29, 1.82) is 0 Å². The summed E-state index contributed by atoms with van der Waals surface area (Å²) in [5, 5.41) is 4.43. The molecular weight excluding hydrogens is 366 g/mol. The van der Waals surface area contributed by atoms with Crippen molar-refractivity contribution in [2.75, 3.05) is 52.5 Å². The molecule has 2 saturated heterocycles. The molecule has 162 valence electrons. The summed E-state index contributed by atoms with van der Waals surface area (Å²) >= 11 is 0. The van der Waals surface area contributed by atoms with Crippen LogP contribution in [-0.2, 0) is 9.57 Å². The van der Waals surface area contributed by atoms with Gasteiger partial charge in [-0.2, -0.15) is 0 Å². The number of oxime groups is 1. The first-order valence-electron chi connectivity index (χ1n) is 11.1. The summed E-state index contributed by atoms with van der Waals surface area (Å²) in [5.74, 6) is 0.915. The van der Waals surface area contributed by atoms with E-state index in [1.807, 2.05) is 26.0 Å². The van der Waals surface area contributed by atoms with E-state index in [9.17, 15) is 0 Å². The SMILES string of the molecule is CC(C)O/N=C(\CN1CCOCC1)c1ccc(OCCCN2CCC[C@H]2C)cc1. The van der Waals surface area contributed by atoms with Crippen LogP contribution in [0.25, 0.3) is 0 Å². The molecule has 6 heteroatoms. The van der Waals surface area contributed by atoms with E-state index in [0.29, 0.717) is 0 Å². The van der Waals surface area contributed by atoms with Crippen LogP contribution in [0.1, 0.15) is 45.6 Å². The summed E-state index contributed by atoms with van der Waals surface area (Å²) < 4.78 is 11.4. The first-order chi connectivity index (χ1) is 14.1. The molecule has 1 aromatic carbocycles. The summed E-state index contributed by atoms with van der Waals surface area (Å²) in [5.41, 5.74) is 2.03. The van der Waals surface area contributed by atoms with Crippen LogP contribution in [0.2, 0.25) is 0 Å². The molecule has 2 heterocycles. The highest BCUT2D eigenvalue weighted by Gasteiger charge is 2.19. The second-order valence-corrected chi connectivity index (χ2v) is 8.33. The van der Waals surface area contributed by atoms with Gasteiger partial charge in [0.05, 0.1) is 19.8 Å². The van der Waals surface area contributed by atoms with E-state index in [0.717, 1.165) is 75.5 Å². The maximum atomic E-state index is 5.96. The maximum absolute atomic E-state index is 5.96. The van der Waals surface area contributed by atoms with Crippen molar-refractivity contribution in [3.05, 3.63) is 29.8 Å². The van der Waals surface area contributed by atoms with E-state index < -0.39 is 0 Å². The van der Waals surface area contributed by atoms with Crippen LogP contribution < -0.4 is 4.74 Å². The highest BCUT2D eigenvalue weighted by Crippen LogP contribution is 2.17. The van der Waals surface area contributed by atoms with Crippen LogP contribution in [-0.4, -0.2) is 80.2 Å². The van der Waals surface area contributed by atoms with Crippen molar-refractivity contribution >= 4 is 5.71 Å². The van der Waals surface area contributed by atoms with Crippen LogP contribution in [0.5, 0.6) is 5.75 Å². The van der Waals surface area contributed by atoms with E-state index in [-0.39, 0.29) is 6.10 Å². The minimum Gasteiger partial charge on any atom is -0.494 e. The number of morpholine rings is 1. The Morgan fingerprint density at radius 1 is 1.17 bits per heavy atom. The van der Waals surface area contributed by atoms with Gasteiger partial charge in [0.15, 0.2) is 0 Å². The van der Waals surface area contributed by atoms with Gasteiger partial charge in [-0.3, -0.25) is 4.90 Å². The van der Waals surface area contributed by atoms with Gasteiger partial charge in [0.2, 0.25) is 0 Å². The van der Waals surface area contributed by atoms with Crippen LogP contribution in [0.15, 0.2) is 29.4 Å². The van der Waals surface area contributed by atoms with Crippen molar-refractivity contribution in [2.45, 2.75) is 52.2 Å². The van der Waals surface area contributed by atoms with E-state index in [1.165, 1.54) is 19.4 Å². The molecule has 6 nitrogen and oxygen atoms in total. The molecule has 0 spiro atoms. The predicted molar refractivity (Wildman–Crippen MR) is 117 cm³/mol. The van der Waals surface area contributed by atoms with Crippen molar-refractivity contribution in [3.8, 4) is 5.75 Å². The number of benzene rings is 1. The first kappa shape index (κ1) is 22.1. The normalized spacial score (nSPS) is 21.7. The average molecular weight is 404 g/mol. The first-order valence-corrected chi connectivity index (χ1v) is 11.1. The Kier molecular flexibility index (Phi) is 8.77. The topological polar surface area (TPSA) is 46.5 Å². The van der Waals surface area contributed by atoms with Crippen molar-refractivity contribution in [2.24, 2.45) is 5.16 Å². The van der Waals surface area contributed by atoms with Crippen molar-refractivity contribution < 1.29 is 14.3 Å². The van der Waals surface area contributed by atoms with Gasteiger partial charge in [-0.1, -0.05) is 5.16 Å². The quantitative estimate of drug-likeness (QED) is 0.340. The predicted octanol–water partition coefficient (Wildman–Crippen LogP) is 3.40. The molecule has 2 aliphatic heterocycles. The largest absolute Gasteiger partial charge is 0.494 e. The second-order valence-electron chi connectivity index (χ2n) is 8.33. The van der Waals surface area contributed by atoms with Crippen molar-refractivity contribution in [3.63, 3.8) is 0 Å². The lowest BCUT2D eigenvalue weighted by atomic mass is 10.1. The van der Waals surface area contributed by atoms with Crippen LogP contribution in [0.4, 0.5) is 0 Å². The van der Waals surface area contributed by atoms with Gasteiger partial charge in [0.25, 0.3) is 0 Å². The minimum atomic E-state index is 0.0654. The van der Waals surface area contributed by atoms with Gasteiger partial charge in [0, 0.05) is 37.8 Å². The monoisotopic (exact) mass is 403 g/mol. The number of likely N-dealkylation sites (tertiary alicyclic amines) is 1. The third-order valence-corrected chi connectivity index (χ3v) is 5.59. The Bertz CT molecular complexity index is 627. The highest BCUT2D eigenvalue weighted by molar-refractivity contribution is 6.01. The molecule has 0 amide bonds. The summed E-state index contributed by atoms with van der Waals surface area (Å²) in [4.78, 5) is 10.5. The number of ether oxygens (including phenoxy) is 2. The van der Waals surface area contributed by atoms with E-state index >= 15 is 0 Å². The van der Waals surface area contributed by atoms with Gasteiger partial charge < -0.3 is 19.2 Å².